The number of amides is 2. The molecule has 4 aromatic carbocycles. The van der Waals surface area contributed by atoms with Crippen LogP contribution >= 0.6 is 0 Å². The molecule has 0 aliphatic heterocycles. The van der Waals surface area contributed by atoms with Gasteiger partial charge in [0, 0.05) is 11.3 Å². The van der Waals surface area contributed by atoms with Crippen molar-refractivity contribution in [3.8, 4) is 16.9 Å². The number of aliphatic carboxylic acids is 1. The molecule has 5 N–H and O–H groups in total. The number of rotatable bonds is 8. The van der Waals surface area contributed by atoms with Crippen LogP contribution in [0.25, 0.3) is 11.1 Å². The van der Waals surface area contributed by atoms with Crippen molar-refractivity contribution in [3.63, 3.8) is 0 Å². The van der Waals surface area contributed by atoms with Gasteiger partial charge < -0.3 is 26.2 Å². The zero-order chi connectivity index (χ0) is 34.0. The SMILES string of the molecule is COc1ccc(-c2cc(C(N)C(=O)O)ccc2F)cc1C(=O)Nc1cc2c(cc1C(=O)Nc1ccc(F)c(C(F)(F)F)c1)CCCC2. The Bertz CT molecular complexity index is 1890. The molecule has 5 rings (SSSR count). The van der Waals surface area contributed by atoms with E-state index in [9.17, 15) is 41.4 Å². The Morgan fingerprint density at radius 2 is 1.49 bits per heavy atom. The number of carbonyl (C=O) groups excluding carboxylic acids is 2. The Labute approximate surface area is 265 Å². The van der Waals surface area contributed by atoms with Gasteiger partial charge in [-0.3, -0.25) is 14.4 Å². The van der Waals surface area contributed by atoms with Gasteiger partial charge in [-0.15, -0.1) is 0 Å². The van der Waals surface area contributed by atoms with Crippen LogP contribution in [0.15, 0.2) is 66.7 Å². The molecule has 2 amide bonds. The van der Waals surface area contributed by atoms with E-state index in [2.05, 4.69) is 10.6 Å². The maximum atomic E-state index is 14.9. The molecular weight excluding hydrogens is 625 g/mol. The van der Waals surface area contributed by atoms with Crippen molar-refractivity contribution in [1.82, 2.24) is 0 Å². The highest BCUT2D eigenvalue weighted by molar-refractivity contribution is 6.13. The number of halogens is 5. The fourth-order valence-electron chi connectivity index (χ4n) is 5.44. The first-order chi connectivity index (χ1) is 22.3. The predicted octanol–water partition coefficient (Wildman–Crippen LogP) is 7.13. The van der Waals surface area contributed by atoms with Crippen LogP contribution in [0, 0.1) is 11.6 Å². The van der Waals surface area contributed by atoms with E-state index in [1.54, 1.807) is 12.1 Å². The maximum absolute atomic E-state index is 14.9. The number of carboxylic acid groups (broad SMARTS) is 1. The van der Waals surface area contributed by atoms with E-state index in [1.807, 2.05) is 0 Å². The number of carbonyl (C=O) groups is 3. The second-order valence-electron chi connectivity index (χ2n) is 10.9. The smallest absolute Gasteiger partial charge is 0.419 e. The molecule has 244 valence electrons. The Kier molecular flexibility index (Phi) is 9.29. The number of ether oxygens (including phenoxy) is 1. The van der Waals surface area contributed by atoms with Crippen LogP contribution in [0.1, 0.15) is 61.9 Å². The van der Waals surface area contributed by atoms with Crippen molar-refractivity contribution in [1.29, 1.82) is 0 Å². The van der Waals surface area contributed by atoms with Gasteiger partial charge in [-0.25, -0.2) is 8.78 Å². The summed E-state index contributed by atoms with van der Waals surface area (Å²) in [5, 5.41) is 14.3. The number of fused-ring (bicyclic) bond motifs is 1. The highest BCUT2D eigenvalue weighted by atomic mass is 19.4. The topological polar surface area (TPSA) is 131 Å². The lowest BCUT2D eigenvalue weighted by atomic mass is 9.89. The van der Waals surface area contributed by atoms with Gasteiger partial charge >= 0.3 is 12.1 Å². The van der Waals surface area contributed by atoms with Crippen molar-refractivity contribution in [2.45, 2.75) is 37.9 Å². The molecule has 0 bridgehead atoms. The fourth-order valence-corrected chi connectivity index (χ4v) is 5.44. The summed E-state index contributed by atoms with van der Waals surface area (Å²) in [6, 6.07) is 11.6. The van der Waals surface area contributed by atoms with Gasteiger partial charge in [-0.05, 0) is 103 Å². The average molecular weight is 654 g/mol. The Balaban J connectivity index is 1.51. The van der Waals surface area contributed by atoms with Gasteiger partial charge in [0.1, 0.15) is 23.4 Å². The first kappa shape index (κ1) is 33.1. The second kappa shape index (κ2) is 13.2. The number of benzene rings is 4. The number of methoxy groups -OCH3 is 1. The van der Waals surface area contributed by atoms with Crippen LogP contribution in [-0.4, -0.2) is 30.0 Å². The maximum Gasteiger partial charge on any atom is 0.419 e. The first-order valence-electron chi connectivity index (χ1n) is 14.4. The summed E-state index contributed by atoms with van der Waals surface area (Å²) >= 11 is 0. The van der Waals surface area contributed by atoms with Gasteiger partial charge in [0.05, 0.1) is 29.5 Å². The van der Waals surface area contributed by atoms with Crippen LogP contribution in [-0.2, 0) is 23.8 Å². The zero-order valence-electron chi connectivity index (χ0n) is 24.8. The molecule has 0 saturated heterocycles. The number of nitrogens with one attached hydrogen (secondary N) is 2. The minimum absolute atomic E-state index is 0.0257. The van der Waals surface area contributed by atoms with Crippen LogP contribution in [0.2, 0.25) is 0 Å². The van der Waals surface area contributed by atoms with Crippen LogP contribution < -0.4 is 21.1 Å². The lowest BCUT2D eigenvalue weighted by Crippen LogP contribution is -2.21. The van der Waals surface area contributed by atoms with E-state index < -0.39 is 47.2 Å². The highest BCUT2D eigenvalue weighted by Crippen LogP contribution is 2.35. The number of aryl methyl sites for hydroxylation is 2. The number of hydrogen-bond acceptors (Lipinski definition) is 5. The van der Waals surface area contributed by atoms with E-state index in [-0.39, 0.29) is 44.9 Å². The molecule has 1 unspecified atom stereocenters. The molecular formula is C34H28F5N3O5. The summed E-state index contributed by atoms with van der Waals surface area (Å²) in [6.45, 7) is 0. The Morgan fingerprint density at radius 1 is 0.830 bits per heavy atom. The standard InChI is InChI=1S/C34H28F5N3O5/c1-47-29-11-7-19(22-14-20(6-9-26(22)35)30(40)33(45)46)13-24(29)32(44)42-28-15-18-5-3-2-4-17(18)12-23(28)31(43)41-21-8-10-27(36)25(16-21)34(37,38)39/h6-16,30H,2-5,40H2,1H3,(H,41,43)(H,42,44)(H,45,46). The summed E-state index contributed by atoms with van der Waals surface area (Å²) in [5.41, 5.74) is 5.82. The minimum Gasteiger partial charge on any atom is -0.496 e. The van der Waals surface area contributed by atoms with Crippen molar-refractivity contribution in [3.05, 3.63) is 112 Å². The van der Waals surface area contributed by atoms with Gasteiger partial charge in [0.2, 0.25) is 0 Å². The molecule has 0 heterocycles. The van der Waals surface area contributed by atoms with Crippen molar-refractivity contribution >= 4 is 29.2 Å². The van der Waals surface area contributed by atoms with Crippen molar-refractivity contribution in [2.24, 2.45) is 5.73 Å². The van der Waals surface area contributed by atoms with Gasteiger partial charge in [0.15, 0.2) is 0 Å². The normalized spacial score (nSPS) is 13.3. The molecule has 0 spiro atoms. The number of carboxylic acids is 1. The number of anilines is 2. The van der Waals surface area contributed by atoms with E-state index in [0.29, 0.717) is 25.0 Å². The molecule has 0 fully saturated rings. The summed E-state index contributed by atoms with van der Waals surface area (Å²) in [4.78, 5) is 38.6. The lowest BCUT2D eigenvalue weighted by molar-refractivity contribution is -0.140. The van der Waals surface area contributed by atoms with Crippen molar-refractivity contribution in [2.75, 3.05) is 17.7 Å². The van der Waals surface area contributed by atoms with E-state index >= 15 is 0 Å². The zero-order valence-corrected chi connectivity index (χ0v) is 24.8. The highest BCUT2D eigenvalue weighted by Gasteiger charge is 2.34. The van der Waals surface area contributed by atoms with E-state index in [0.717, 1.165) is 36.1 Å². The third-order valence-electron chi connectivity index (χ3n) is 7.88. The van der Waals surface area contributed by atoms with Crippen LogP contribution in [0.5, 0.6) is 5.75 Å². The lowest BCUT2D eigenvalue weighted by Gasteiger charge is -2.21. The van der Waals surface area contributed by atoms with Crippen LogP contribution in [0.4, 0.5) is 33.3 Å². The molecule has 0 aromatic heterocycles. The number of hydrogen-bond donors (Lipinski definition) is 4. The number of nitrogens with two attached hydrogens (primary N) is 1. The van der Waals surface area contributed by atoms with Gasteiger partial charge in [-0.2, -0.15) is 13.2 Å². The van der Waals surface area contributed by atoms with E-state index in [1.165, 1.54) is 37.4 Å². The summed E-state index contributed by atoms with van der Waals surface area (Å²) in [7, 11) is 1.31. The third-order valence-corrected chi connectivity index (χ3v) is 7.88. The molecule has 1 aliphatic rings. The Morgan fingerprint density at radius 3 is 2.15 bits per heavy atom. The largest absolute Gasteiger partial charge is 0.496 e. The summed E-state index contributed by atoms with van der Waals surface area (Å²) in [5.74, 6) is -5.02. The van der Waals surface area contributed by atoms with Crippen LogP contribution in [0.3, 0.4) is 0 Å². The van der Waals surface area contributed by atoms with Crippen molar-refractivity contribution < 1.29 is 46.2 Å². The first-order valence-corrected chi connectivity index (χ1v) is 14.4. The molecule has 8 nitrogen and oxygen atoms in total. The van der Waals surface area contributed by atoms with Gasteiger partial charge in [0.25, 0.3) is 11.8 Å². The molecule has 13 heteroatoms. The molecule has 0 saturated carbocycles. The summed E-state index contributed by atoms with van der Waals surface area (Å²) in [6.07, 6.45) is -1.96. The quantitative estimate of drug-likeness (QED) is 0.150. The molecule has 1 atom stereocenters. The molecule has 1 aliphatic carbocycles. The monoisotopic (exact) mass is 653 g/mol. The average Bonchev–Trinajstić information content (AvgIpc) is 3.04. The fraction of sp³-hybridized carbons (Fsp3) is 0.206. The molecule has 47 heavy (non-hydrogen) atoms. The van der Waals surface area contributed by atoms with E-state index in [4.69, 9.17) is 10.5 Å². The van der Waals surface area contributed by atoms with Gasteiger partial charge in [-0.1, -0.05) is 12.1 Å². The molecule has 0 radical (unpaired) electrons. The minimum atomic E-state index is -4.99. The second-order valence-corrected chi connectivity index (χ2v) is 10.9. The summed E-state index contributed by atoms with van der Waals surface area (Å²) < 4.78 is 74.0. The Hall–Kier alpha value is -5.30. The predicted molar refractivity (Wildman–Crippen MR) is 163 cm³/mol. The third kappa shape index (κ3) is 7.09. The number of alkyl halides is 3. The molecule has 4 aromatic rings.